The molecule has 2 aromatic rings. The monoisotopic (exact) mass is 263 g/mol. The molecule has 102 valence electrons. The van der Waals surface area contributed by atoms with Crippen molar-refractivity contribution in [3.8, 4) is 11.8 Å². The molecule has 0 fully saturated rings. The van der Waals surface area contributed by atoms with Gasteiger partial charge < -0.3 is 5.32 Å². The molecule has 0 aliphatic heterocycles. The molecule has 0 saturated carbocycles. The quantitative estimate of drug-likeness (QED) is 0.803. The standard InChI is InChI=1S/C19H21N/c1-3-4-5-6-9-15-20-16(2)18-14-10-12-17-11-7-8-13-19(17)18/h6-14,16,20H,3,15H2,1-2H3. The first-order valence-electron chi connectivity index (χ1n) is 7.17. The zero-order chi connectivity index (χ0) is 14.2. The highest BCUT2D eigenvalue weighted by Crippen LogP contribution is 2.23. The van der Waals surface area contributed by atoms with Crippen LogP contribution in [0.5, 0.6) is 0 Å². The Morgan fingerprint density at radius 3 is 2.80 bits per heavy atom. The Labute approximate surface area is 121 Å². The topological polar surface area (TPSA) is 12.0 Å². The molecule has 1 N–H and O–H groups in total. The molecule has 0 bridgehead atoms. The van der Waals surface area contributed by atoms with Gasteiger partial charge >= 0.3 is 0 Å². The summed E-state index contributed by atoms with van der Waals surface area (Å²) in [7, 11) is 0. The summed E-state index contributed by atoms with van der Waals surface area (Å²) in [5.41, 5.74) is 1.34. The third-order valence-corrected chi connectivity index (χ3v) is 3.31. The van der Waals surface area contributed by atoms with Crippen LogP contribution in [-0.4, -0.2) is 6.54 Å². The molecule has 1 atom stereocenters. The number of allylic oxidation sites excluding steroid dienone is 1. The van der Waals surface area contributed by atoms with Crippen LogP contribution in [0.1, 0.15) is 31.9 Å². The predicted octanol–water partition coefficient (Wildman–Crippen LogP) is 4.46. The zero-order valence-electron chi connectivity index (χ0n) is 12.2. The van der Waals surface area contributed by atoms with E-state index in [9.17, 15) is 0 Å². The SMILES string of the molecule is CCC#CC=CCNC(C)c1cccc2ccccc12. The Balaban J connectivity index is 2.04. The number of hydrogen-bond donors (Lipinski definition) is 1. The third-order valence-electron chi connectivity index (χ3n) is 3.31. The lowest BCUT2D eigenvalue weighted by Crippen LogP contribution is -2.18. The van der Waals surface area contributed by atoms with E-state index in [1.807, 2.05) is 6.08 Å². The molecule has 0 amide bonds. The number of nitrogens with one attached hydrogen (secondary N) is 1. The van der Waals surface area contributed by atoms with Crippen LogP contribution in [0, 0.1) is 11.8 Å². The van der Waals surface area contributed by atoms with Gasteiger partial charge in [-0.05, 0) is 29.3 Å². The summed E-state index contributed by atoms with van der Waals surface area (Å²) in [5, 5.41) is 6.13. The van der Waals surface area contributed by atoms with Crippen LogP contribution >= 0.6 is 0 Å². The van der Waals surface area contributed by atoms with Crippen LogP contribution in [-0.2, 0) is 0 Å². The highest BCUT2D eigenvalue weighted by molar-refractivity contribution is 5.86. The number of rotatable bonds is 4. The first kappa shape index (κ1) is 14.4. The lowest BCUT2D eigenvalue weighted by molar-refractivity contribution is 0.621. The van der Waals surface area contributed by atoms with Gasteiger partial charge in [-0.15, -0.1) is 0 Å². The van der Waals surface area contributed by atoms with Crippen molar-refractivity contribution in [2.45, 2.75) is 26.3 Å². The molecule has 2 aromatic carbocycles. The van der Waals surface area contributed by atoms with Gasteiger partial charge in [-0.1, -0.05) is 67.3 Å². The highest BCUT2D eigenvalue weighted by Gasteiger charge is 2.07. The smallest absolute Gasteiger partial charge is 0.0300 e. The minimum Gasteiger partial charge on any atom is -0.307 e. The van der Waals surface area contributed by atoms with Gasteiger partial charge in [0.05, 0.1) is 0 Å². The summed E-state index contributed by atoms with van der Waals surface area (Å²) in [5.74, 6) is 6.04. The molecule has 0 aliphatic carbocycles. The van der Waals surface area contributed by atoms with Gasteiger partial charge in [0.25, 0.3) is 0 Å². The molecule has 20 heavy (non-hydrogen) atoms. The van der Waals surface area contributed by atoms with Crippen molar-refractivity contribution in [1.82, 2.24) is 5.32 Å². The Hall–Kier alpha value is -2.04. The van der Waals surface area contributed by atoms with Crippen LogP contribution in [0.25, 0.3) is 10.8 Å². The van der Waals surface area contributed by atoms with Crippen LogP contribution in [0.2, 0.25) is 0 Å². The van der Waals surface area contributed by atoms with Crippen molar-refractivity contribution in [3.05, 3.63) is 60.2 Å². The Bertz CT molecular complexity index is 638. The second-order valence-corrected chi connectivity index (χ2v) is 4.78. The van der Waals surface area contributed by atoms with Gasteiger partial charge in [-0.25, -0.2) is 0 Å². The number of hydrogen-bond acceptors (Lipinski definition) is 1. The molecular weight excluding hydrogens is 242 g/mol. The van der Waals surface area contributed by atoms with Crippen molar-refractivity contribution >= 4 is 10.8 Å². The second kappa shape index (κ2) is 7.53. The van der Waals surface area contributed by atoms with Crippen molar-refractivity contribution in [2.75, 3.05) is 6.54 Å². The van der Waals surface area contributed by atoms with Gasteiger partial charge in [-0.3, -0.25) is 0 Å². The molecule has 0 spiro atoms. The first-order valence-corrected chi connectivity index (χ1v) is 7.17. The fourth-order valence-corrected chi connectivity index (χ4v) is 2.26. The first-order chi connectivity index (χ1) is 9.83. The van der Waals surface area contributed by atoms with Crippen LogP contribution < -0.4 is 5.32 Å². The fourth-order valence-electron chi connectivity index (χ4n) is 2.26. The van der Waals surface area contributed by atoms with Crippen LogP contribution in [0.15, 0.2) is 54.6 Å². The molecule has 1 unspecified atom stereocenters. The summed E-state index contributed by atoms with van der Waals surface area (Å²) in [6.45, 7) is 5.10. The third kappa shape index (κ3) is 3.73. The van der Waals surface area contributed by atoms with Crippen LogP contribution in [0.3, 0.4) is 0 Å². The maximum absolute atomic E-state index is 3.51. The van der Waals surface area contributed by atoms with Crippen molar-refractivity contribution in [3.63, 3.8) is 0 Å². The number of fused-ring (bicyclic) bond motifs is 1. The normalized spacial score (nSPS) is 12.3. The summed E-state index contributed by atoms with van der Waals surface area (Å²) in [6.07, 6.45) is 4.90. The number of benzene rings is 2. The Morgan fingerprint density at radius 2 is 1.95 bits per heavy atom. The van der Waals surface area contributed by atoms with Gasteiger partial charge in [0.1, 0.15) is 0 Å². The highest BCUT2D eigenvalue weighted by atomic mass is 14.9. The molecular formula is C19H21N. The Morgan fingerprint density at radius 1 is 1.15 bits per heavy atom. The van der Waals surface area contributed by atoms with E-state index < -0.39 is 0 Å². The fraction of sp³-hybridized carbons (Fsp3) is 0.263. The van der Waals surface area contributed by atoms with Gasteiger partial charge in [-0.2, -0.15) is 0 Å². The van der Waals surface area contributed by atoms with Gasteiger partial charge in [0, 0.05) is 19.0 Å². The summed E-state index contributed by atoms with van der Waals surface area (Å²) in [6, 6.07) is 15.3. The summed E-state index contributed by atoms with van der Waals surface area (Å²) >= 11 is 0. The van der Waals surface area contributed by atoms with Crippen molar-refractivity contribution in [2.24, 2.45) is 0 Å². The van der Waals surface area contributed by atoms with E-state index >= 15 is 0 Å². The van der Waals surface area contributed by atoms with E-state index in [0.717, 1.165) is 13.0 Å². The lowest BCUT2D eigenvalue weighted by Gasteiger charge is -2.15. The second-order valence-electron chi connectivity index (χ2n) is 4.78. The summed E-state index contributed by atoms with van der Waals surface area (Å²) in [4.78, 5) is 0. The average Bonchev–Trinajstić information content (AvgIpc) is 2.50. The maximum atomic E-state index is 3.51. The lowest BCUT2D eigenvalue weighted by atomic mass is 10.00. The van der Waals surface area contributed by atoms with E-state index in [0.29, 0.717) is 6.04 Å². The largest absolute Gasteiger partial charge is 0.307 e. The maximum Gasteiger partial charge on any atom is 0.0300 e. The predicted molar refractivity (Wildman–Crippen MR) is 87.6 cm³/mol. The minimum absolute atomic E-state index is 0.324. The van der Waals surface area contributed by atoms with Crippen molar-refractivity contribution < 1.29 is 0 Å². The van der Waals surface area contributed by atoms with Gasteiger partial charge in [0.2, 0.25) is 0 Å². The van der Waals surface area contributed by atoms with Gasteiger partial charge in [0.15, 0.2) is 0 Å². The van der Waals surface area contributed by atoms with E-state index in [4.69, 9.17) is 0 Å². The molecule has 1 nitrogen and oxygen atoms in total. The van der Waals surface area contributed by atoms with E-state index in [2.05, 4.69) is 79.5 Å². The molecule has 0 radical (unpaired) electrons. The summed E-state index contributed by atoms with van der Waals surface area (Å²) < 4.78 is 0. The molecule has 0 aliphatic rings. The molecule has 0 saturated heterocycles. The minimum atomic E-state index is 0.324. The zero-order valence-corrected chi connectivity index (χ0v) is 12.2. The molecule has 2 rings (SSSR count). The Kier molecular flexibility index (Phi) is 5.41. The van der Waals surface area contributed by atoms with Crippen LogP contribution in [0.4, 0.5) is 0 Å². The molecule has 1 heteroatoms. The van der Waals surface area contributed by atoms with Crippen molar-refractivity contribution in [1.29, 1.82) is 0 Å². The average molecular weight is 263 g/mol. The van der Waals surface area contributed by atoms with E-state index in [1.165, 1.54) is 16.3 Å². The van der Waals surface area contributed by atoms with E-state index in [-0.39, 0.29) is 0 Å². The van der Waals surface area contributed by atoms with E-state index in [1.54, 1.807) is 0 Å². The molecule has 0 heterocycles. The molecule has 0 aromatic heterocycles.